The van der Waals surface area contributed by atoms with Crippen LogP contribution < -0.4 is 10.1 Å². The molecule has 0 spiro atoms. The third-order valence-electron chi connectivity index (χ3n) is 4.21. The minimum Gasteiger partial charge on any atom is -0.496 e. The molecular weight excluding hydrogens is 298 g/mol. The Morgan fingerprint density at radius 3 is 2.50 bits per heavy atom. The van der Waals surface area contributed by atoms with Crippen molar-refractivity contribution in [1.82, 2.24) is 5.32 Å². The third kappa shape index (κ3) is 4.06. The first-order valence-corrected chi connectivity index (χ1v) is 8.29. The van der Waals surface area contributed by atoms with Crippen LogP contribution in [0.1, 0.15) is 29.2 Å². The SMILES string of the molecule is COc1ccccc1C(CCNCc1ccco1)c1ccccc1. The van der Waals surface area contributed by atoms with E-state index in [2.05, 4.69) is 47.8 Å². The molecule has 3 nitrogen and oxygen atoms in total. The van der Waals surface area contributed by atoms with Crippen LogP contribution in [0.5, 0.6) is 5.75 Å². The highest BCUT2D eigenvalue weighted by atomic mass is 16.5. The summed E-state index contributed by atoms with van der Waals surface area (Å²) in [6.07, 6.45) is 2.70. The Bertz CT molecular complexity index is 723. The summed E-state index contributed by atoms with van der Waals surface area (Å²) < 4.78 is 10.9. The van der Waals surface area contributed by atoms with Gasteiger partial charge in [0.25, 0.3) is 0 Å². The van der Waals surface area contributed by atoms with Crippen molar-refractivity contribution in [2.75, 3.05) is 13.7 Å². The molecule has 3 heteroatoms. The van der Waals surface area contributed by atoms with Crippen molar-refractivity contribution in [1.29, 1.82) is 0 Å². The van der Waals surface area contributed by atoms with E-state index in [1.54, 1.807) is 13.4 Å². The number of benzene rings is 2. The van der Waals surface area contributed by atoms with E-state index in [1.165, 1.54) is 11.1 Å². The molecule has 3 aromatic rings. The van der Waals surface area contributed by atoms with Crippen LogP contribution in [0, 0.1) is 0 Å². The van der Waals surface area contributed by atoms with Crippen LogP contribution in [0.2, 0.25) is 0 Å². The van der Waals surface area contributed by atoms with Crippen molar-refractivity contribution in [3.63, 3.8) is 0 Å². The predicted molar refractivity (Wildman–Crippen MR) is 96.3 cm³/mol. The molecule has 0 radical (unpaired) electrons. The molecule has 0 bridgehead atoms. The molecule has 1 unspecified atom stereocenters. The summed E-state index contributed by atoms with van der Waals surface area (Å²) in [4.78, 5) is 0. The van der Waals surface area contributed by atoms with Crippen LogP contribution in [0.25, 0.3) is 0 Å². The molecular formula is C21H23NO2. The van der Waals surface area contributed by atoms with Gasteiger partial charge in [-0.1, -0.05) is 48.5 Å². The first-order chi connectivity index (χ1) is 11.9. The van der Waals surface area contributed by atoms with Gasteiger partial charge < -0.3 is 14.5 Å². The van der Waals surface area contributed by atoms with Gasteiger partial charge in [0, 0.05) is 11.5 Å². The molecule has 0 fully saturated rings. The van der Waals surface area contributed by atoms with E-state index in [4.69, 9.17) is 9.15 Å². The van der Waals surface area contributed by atoms with E-state index >= 15 is 0 Å². The Kier molecular flexibility index (Phi) is 5.70. The lowest BCUT2D eigenvalue weighted by molar-refractivity contribution is 0.405. The van der Waals surface area contributed by atoms with Crippen LogP contribution in [0.15, 0.2) is 77.4 Å². The molecule has 0 aliphatic carbocycles. The zero-order valence-corrected chi connectivity index (χ0v) is 13.9. The van der Waals surface area contributed by atoms with Crippen LogP contribution in [-0.4, -0.2) is 13.7 Å². The molecule has 3 rings (SSSR count). The molecule has 0 amide bonds. The maximum atomic E-state index is 5.58. The molecule has 24 heavy (non-hydrogen) atoms. The summed E-state index contributed by atoms with van der Waals surface area (Å²) in [5.74, 6) is 2.20. The van der Waals surface area contributed by atoms with Gasteiger partial charge in [-0.3, -0.25) is 0 Å². The molecule has 124 valence electrons. The lowest BCUT2D eigenvalue weighted by atomic mass is 9.88. The fraction of sp³-hybridized carbons (Fsp3) is 0.238. The summed E-state index contributed by atoms with van der Waals surface area (Å²) >= 11 is 0. The minimum absolute atomic E-state index is 0.298. The van der Waals surface area contributed by atoms with Crippen molar-refractivity contribution in [3.8, 4) is 5.75 Å². The van der Waals surface area contributed by atoms with Crippen LogP contribution in [0.4, 0.5) is 0 Å². The van der Waals surface area contributed by atoms with Crippen molar-refractivity contribution in [2.24, 2.45) is 0 Å². The number of methoxy groups -OCH3 is 1. The number of hydrogen-bond acceptors (Lipinski definition) is 3. The zero-order chi connectivity index (χ0) is 16.6. The highest BCUT2D eigenvalue weighted by Gasteiger charge is 2.17. The van der Waals surface area contributed by atoms with Gasteiger partial charge in [0.15, 0.2) is 0 Å². The Balaban J connectivity index is 1.73. The van der Waals surface area contributed by atoms with Crippen LogP contribution >= 0.6 is 0 Å². The van der Waals surface area contributed by atoms with E-state index in [-0.39, 0.29) is 0 Å². The maximum absolute atomic E-state index is 5.58. The van der Waals surface area contributed by atoms with Crippen molar-refractivity contribution in [2.45, 2.75) is 18.9 Å². The largest absolute Gasteiger partial charge is 0.496 e. The predicted octanol–water partition coefficient (Wildman–Crippen LogP) is 4.60. The topological polar surface area (TPSA) is 34.4 Å². The lowest BCUT2D eigenvalue weighted by Crippen LogP contribution is -2.17. The standard InChI is InChI=1S/C21H23NO2/c1-23-21-12-6-5-11-20(21)19(17-8-3-2-4-9-17)13-14-22-16-18-10-7-15-24-18/h2-12,15,19,22H,13-14,16H2,1H3. The van der Waals surface area contributed by atoms with E-state index in [1.807, 2.05) is 24.3 Å². The molecule has 0 aliphatic heterocycles. The van der Waals surface area contributed by atoms with Gasteiger partial charge in [-0.25, -0.2) is 0 Å². The summed E-state index contributed by atoms with van der Waals surface area (Å²) in [5.41, 5.74) is 2.53. The van der Waals surface area contributed by atoms with Crippen molar-refractivity contribution >= 4 is 0 Å². The number of ether oxygens (including phenoxy) is 1. The second-order valence-corrected chi connectivity index (χ2v) is 5.75. The fourth-order valence-electron chi connectivity index (χ4n) is 3.01. The highest BCUT2D eigenvalue weighted by molar-refractivity contribution is 5.42. The lowest BCUT2D eigenvalue weighted by Gasteiger charge is -2.20. The second-order valence-electron chi connectivity index (χ2n) is 5.75. The van der Waals surface area contributed by atoms with E-state index in [0.717, 1.165) is 31.0 Å². The third-order valence-corrected chi connectivity index (χ3v) is 4.21. The molecule has 1 atom stereocenters. The average molecular weight is 321 g/mol. The Hall–Kier alpha value is -2.52. The van der Waals surface area contributed by atoms with Crippen molar-refractivity contribution < 1.29 is 9.15 Å². The quantitative estimate of drug-likeness (QED) is 0.616. The average Bonchev–Trinajstić information content (AvgIpc) is 3.16. The first-order valence-electron chi connectivity index (χ1n) is 8.29. The smallest absolute Gasteiger partial charge is 0.122 e. The van der Waals surface area contributed by atoms with Gasteiger partial charge in [0.2, 0.25) is 0 Å². The van der Waals surface area contributed by atoms with E-state index in [0.29, 0.717) is 5.92 Å². The second kappa shape index (κ2) is 8.37. The molecule has 0 aliphatic rings. The van der Waals surface area contributed by atoms with Gasteiger partial charge in [0.05, 0.1) is 19.9 Å². The van der Waals surface area contributed by atoms with E-state index in [9.17, 15) is 0 Å². The van der Waals surface area contributed by atoms with Gasteiger partial charge in [0.1, 0.15) is 11.5 Å². The summed E-state index contributed by atoms with van der Waals surface area (Å²) in [7, 11) is 1.73. The first kappa shape index (κ1) is 16.3. The Morgan fingerprint density at radius 1 is 0.958 bits per heavy atom. The number of para-hydroxylation sites is 1. The summed E-state index contributed by atoms with van der Waals surface area (Å²) in [6.45, 7) is 1.65. The molecule has 1 N–H and O–H groups in total. The molecule has 0 saturated carbocycles. The number of rotatable bonds is 8. The normalized spacial score (nSPS) is 12.0. The molecule has 1 heterocycles. The summed E-state index contributed by atoms with van der Waals surface area (Å²) in [6, 6.07) is 22.8. The molecule has 1 aromatic heterocycles. The van der Waals surface area contributed by atoms with Crippen LogP contribution in [-0.2, 0) is 6.54 Å². The molecule has 2 aromatic carbocycles. The number of furan rings is 1. The van der Waals surface area contributed by atoms with Gasteiger partial charge in [-0.05, 0) is 36.7 Å². The maximum Gasteiger partial charge on any atom is 0.122 e. The number of nitrogens with one attached hydrogen (secondary N) is 1. The zero-order valence-electron chi connectivity index (χ0n) is 13.9. The monoisotopic (exact) mass is 321 g/mol. The number of hydrogen-bond donors (Lipinski definition) is 1. The minimum atomic E-state index is 0.298. The fourth-order valence-corrected chi connectivity index (χ4v) is 3.01. The van der Waals surface area contributed by atoms with Crippen LogP contribution in [0.3, 0.4) is 0 Å². The Labute approximate surface area is 143 Å². The Morgan fingerprint density at radius 2 is 1.75 bits per heavy atom. The van der Waals surface area contributed by atoms with E-state index < -0.39 is 0 Å². The van der Waals surface area contributed by atoms with Crippen molar-refractivity contribution in [3.05, 3.63) is 89.9 Å². The van der Waals surface area contributed by atoms with Gasteiger partial charge in [-0.15, -0.1) is 0 Å². The molecule has 0 saturated heterocycles. The van der Waals surface area contributed by atoms with Gasteiger partial charge >= 0.3 is 0 Å². The van der Waals surface area contributed by atoms with Gasteiger partial charge in [-0.2, -0.15) is 0 Å². The summed E-state index contributed by atoms with van der Waals surface area (Å²) in [5, 5.41) is 3.46. The highest BCUT2D eigenvalue weighted by Crippen LogP contribution is 2.33.